The van der Waals surface area contributed by atoms with E-state index in [1.807, 2.05) is 64.1 Å². The van der Waals surface area contributed by atoms with Crippen molar-refractivity contribution in [1.82, 2.24) is 0 Å². The maximum absolute atomic E-state index is 12.6. The molecule has 1 fully saturated rings. The second kappa shape index (κ2) is 6.71. The Kier molecular flexibility index (Phi) is 4.62. The number of anilines is 2. The van der Waals surface area contributed by atoms with Crippen LogP contribution in [0.25, 0.3) is 0 Å². The van der Waals surface area contributed by atoms with Gasteiger partial charge in [-0.15, -0.1) is 0 Å². The van der Waals surface area contributed by atoms with Gasteiger partial charge in [-0.05, 0) is 62.6 Å². The van der Waals surface area contributed by atoms with Gasteiger partial charge in [-0.25, -0.2) is 0 Å². The minimum Gasteiger partial charge on any atom is -0.326 e. The maximum Gasteiger partial charge on any atom is 0.229 e. The van der Waals surface area contributed by atoms with Crippen molar-refractivity contribution in [3.05, 3.63) is 58.7 Å². The first-order valence-corrected chi connectivity index (χ1v) is 8.61. The third kappa shape index (κ3) is 3.58. The molecule has 2 aromatic rings. The number of aryl methyl sites for hydroxylation is 4. The smallest absolute Gasteiger partial charge is 0.229 e. The molecule has 0 spiro atoms. The lowest BCUT2D eigenvalue weighted by molar-refractivity contribution is -0.122. The van der Waals surface area contributed by atoms with Crippen LogP contribution >= 0.6 is 0 Å². The molecule has 25 heavy (non-hydrogen) atoms. The normalized spacial score (nSPS) is 17.0. The number of carbonyl (C=O) groups is 2. The van der Waals surface area contributed by atoms with Crippen LogP contribution in [0.1, 0.15) is 28.7 Å². The van der Waals surface area contributed by atoms with Crippen LogP contribution in [-0.2, 0) is 9.59 Å². The Bertz CT molecular complexity index is 842. The van der Waals surface area contributed by atoms with E-state index in [4.69, 9.17) is 0 Å². The van der Waals surface area contributed by atoms with Crippen LogP contribution in [0.15, 0.2) is 36.4 Å². The molecule has 0 aliphatic carbocycles. The van der Waals surface area contributed by atoms with Gasteiger partial charge in [-0.1, -0.05) is 23.8 Å². The minimum atomic E-state index is -0.324. The SMILES string of the molecule is Cc1ccc(NC(=O)[C@H]2CC(=O)N(c3ccc(C)c(C)c3)C2)c(C)c1. The molecule has 1 N–H and O–H groups in total. The molecule has 0 unspecified atom stereocenters. The van der Waals surface area contributed by atoms with Gasteiger partial charge in [0.25, 0.3) is 0 Å². The van der Waals surface area contributed by atoms with Crippen molar-refractivity contribution in [2.45, 2.75) is 34.1 Å². The molecule has 4 heteroatoms. The molecule has 1 aliphatic rings. The summed E-state index contributed by atoms with van der Waals surface area (Å²) in [6.45, 7) is 8.51. The largest absolute Gasteiger partial charge is 0.326 e. The lowest BCUT2D eigenvalue weighted by Crippen LogP contribution is -2.28. The molecule has 0 aromatic heterocycles. The molecule has 1 atom stereocenters. The Labute approximate surface area is 148 Å². The second-order valence-corrected chi connectivity index (χ2v) is 6.98. The standard InChI is InChI=1S/C21H24N2O2/c1-13-5-8-19(16(4)9-13)22-21(25)17-11-20(24)23(12-17)18-7-6-14(2)15(3)10-18/h5-10,17H,11-12H2,1-4H3,(H,22,25)/t17-/m0/s1. The fraction of sp³-hybridized carbons (Fsp3) is 0.333. The molecular formula is C21H24N2O2. The third-order valence-electron chi connectivity index (χ3n) is 4.94. The van der Waals surface area contributed by atoms with Gasteiger partial charge >= 0.3 is 0 Å². The summed E-state index contributed by atoms with van der Waals surface area (Å²) < 4.78 is 0. The van der Waals surface area contributed by atoms with E-state index in [-0.39, 0.29) is 24.2 Å². The first kappa shape index (κ1) is 17.2. The van der Waals surface area contributed by atoms with Crippen molar-refractivity contribution >= 4 is 23.2 Å². The fourth-order valence-electron chi connectivity index (χ4n) is 3.21. The predicted octanol–water partition coefficient (Wildman–Crippen LogP) is 3.91. The number of hydrogen-bond acceptors (Lipinski definition) is 2. The van der Waals surface area contributed by atoms with E-state index in [1.54, 1.807) is 4.90 Å². The number of nitrogens with one attached hydrogen (secondary N) is 1. The van der Waals surface area contributed by atoms with E-state index in [2.05, 4.69) is 5.32 Å². The quantitative estimate of drug-likeness (QED) is 0.924. The average Bonchev–Trinajstić information content (AvgIpc) is 2.95. The number of benzene rings is 2. The highest BCUT2D eigenvalue weighted by Crippen LogP contribution is 2.28. The zero-order valence-electron chi connectivity index (χ0n) is 15.2. The van der Waals surface area contributed by atoms with Gasteiger partial charge in [0.1, 0.15) is 0 Å². The highest BCUT2D eigenvalue weighted by Gasteiger charge is 2.35. The summed E-state index contributed by atoms with van der Waals surface area (Å²) in [6, 6.07) is 11.9. The monoisotopic (exact) mass is 336 g/mol. The van der Waals surface area contributed by atoms with Gasteiger partial charge < -0.3 is 10.2 Å². The summed E-state index contributed by atoms with van der Waals surface area (Å²) in [5, 5.41) is 2.97. The van der Waals surface area contributed by atoms with Crippen molar-refractivity contribution in [3.63, 3.8) is 0 Å². The number of amides is 2. The zero-order chi connectivity index (χ0) is 18.1. The topological polar surface area (TPSA) is 49.4 Å². The molecule has 4 nitrogen and oxygen atoms in total. The van der Waals surface area contributed by atoms with Crippen LogP contribution in [0.4, 0.5) is 11.4 Å². The fourth-order valence-corrected chi connectivity index (χ4v) is 3.21. The van der Waals surface area contributed by atoms with Crippen molar-refractivity contribution in [2.24, 2.45) is 5.92 Å². The Morgan fingerprint density at radius 3 is 2.44 bits per heavy atom. The third-order valence-corrected chi connectivity index (χ3v) is 4.94. The summed E-state index contributed by atoms with van der Waals surface area (Å²) >= 11 is 0. The molecule has 3 rings (SSSR count). The number of hydrogen-bond donors (Lipinski definition) is 1. The van der Waals surface area contributed by atoms with Gasteiger partial charge in [-0.2, -0.15) is 0 Å². The number of carbonyl (C=O) groups excluding carboxylic acids is 2. The molecular weight excluding hydrogens is 312 g/mol. The van der Waals surface area contributed by atoms with E-state index < -0.39 is 0 Å². The Hall–Kier alpha value is -2.62. The van der Waals surface area contributed by atoms with Gasteiger partial charge in [0.05, 0.1) is 5.92 Å². The lowest BCUT2D eigenvalue weighted by Gasteiger charge is -2.18. The predicted molar refractivity (Wildman–Crippen MR) is 101 cm³/mol. The number of nitrogens with zero attached hydrogens (tertiary/aromatic N) is 1. The Morgan fingerprint density at radius 1 is 1.00 bits per heavy atom. The molecule has 0 radical (unpaired) electrons. The molecule has 130 valence electrons. The Morgan fingerprint density at radius 2 is 1.76 bits per heavy atom. The second-order valence-electron chi connectivity index (χ2n) is 6.98. The molecule has 1 saturated heterocycles. The van der Waals surface area contributed by atoms with Gasteiger partial charge in [-0.3, -0.25) is 9.59 Å². The van der Waals surface area contributed by atoms with Crippen molar-refractivity contribution in [1.29, 1.82) is 0 Å². The first-order chi connectivity index (χ1) is 11.8. The van der Waals surface area contributed by atoms with Gasteiger partial charge in [0.2, 0.25) is 11.8 Å². The summed E-state index contributed by atoms with van der Waals surface area (Å²) in [5.41, 5.74) is 6.21. The van der Waals surface area contributed by atoms with Crippen LogP contribution in [0, 0.1) is 33.6 Å². The molecule has 1 heterocycles. The van der Waals surface area contributed by atoms with Gasteiger partial charge in [0.15, 0.2) is 0 Å². The molecule has 2 amide bonds. The lowest BCUT2D eigenvalue weighted by atomic mass is 10.1. The molecule has 2 aromatic carbocycles. The average molecular weight is 336 g/mol. The number of rotatable bonds is 3. The van der Waals surface area contributed by atoms with Crippen LogP contribution < -0.4 is 10.2 Å². The minimum absolute atomic E-state index is 0.00373. The van der Waals surface area contributed by atoms with Crippen molar-refractivity contribution in [2.75, 3.05) is 16.8 Å². The van der Waals surface area contributed by atoms with Crippen molar-refractivity contribution < 1.29 is 9.59 Å². The van der Waals surface area contributed by atoms with Gasteiger partial charge in [0, 0.05) is 24.3 Å². The van der Waals surface area contributed by atoms with E-state index in [0.717, 1.165) is 28.1 Å². The highest BCUT2D eigenvalue weighted by molar-refractivity contribution is 6.03. The first-order valence-electron chi connectivity index (χ1n) is 8.61. The summed E-state index contributed by atoms with van der Waals surface area (Å²) in [5.74, 6) is -0.412. The van der Waals surface area contributed by atoms with Crippen LogP contribution in [0.3, 0.4) is 0 Å². The molecule has 0 saturated carbocycles. The molecule has 1 aliphatic heterocycles. The van der Waals surface area contributed by atoms with E-state index in [1.165, 1.54) is 5.56 Å². The zero-order valence-corrected chi connectivity index (χ0v) is 15.2. The van der Waals surface area contributed by atoms with Crippen LogP contribution in [0.2, 0.25) is 0 Å². The van der Waals surface area contributed by atoms with Crippen LogP contribution in [0.5, 0.6) is 0 Å². The highest BCUT2D eigenvalue weighted by atomic mass is 16.2. The van der Waals surface area contributed by atoms with E-state index in [0.29, 0.717) is 6.54 Å². The Balaban J connectivity index is 1.73. The van der Waals surface area contributed by atoms with E-state index in [9.17, 15) is 9.59 Å². The van der Waals surface area contributed by atoms with E-state index >= 15 is 0 Å². The maximum atomic E-state index is 12.6. The van der Waals surface area contributed by atoms with Crippen molar-refractivity contribution in [3.8, 4) is 0 Å². The summed E-state index contributed by atoms with van der Waals surface area (Å²) in [7, 11) is 0. The van der Waals surface area contributed by atoms with Crippen LogP contribution in [-0.4, -0.2) is 18.4 Å². The molecule has 0 bridgehead atoms. The summed E-state index contributed by atoms with van der Waals surface area (Å²) in [4.78, 5) is 26.7. The summed E-state index contributed by atoms with van der Waals surface area (Å²) in [6.07, 6.45) is 0.254.